The van der Waals surface area contributed by atoms with Crippen LogP contribution >= 0.6 is 12.4 Å². The molecule has 1 N–H and O–H groups in total. The minimum Gasteiger partial charge on any atom is -0.345 e. The smallest absolute Gasteiger partial charge is 0.245 e. The van der Waals surface area contributed by atoms with Crippen LogP contribution in [0.1, 0.15) is 66.4 Å². The third kappa shape index (κ3) is 7.65. The lowest BCUT2D eigenvalue weighted by Gasteiger charge is -2.42. The van der Waals surface area contributed by atoms with E-state index in [1.54, 1.807) is 9.80 Å². The Kier molecular flexibility index (Phi) is 10.7. The number of hydrogen-bond donors (Lipinski definition) is 1. The summed E-state index contributed by atoms with van der Waals surface area (Å²) < 4.78 is 28.3. The number of halogens is 3. The summed E-state index contributed by atoms with van der Waals surface area (Å²) >= 11 is 0. The van der Waals surface area contributed by atoms with Gasteiger partial charge in [0.1, 0.15) is 17.7 Å². The second kappa shape index (κ2) is 12.7. The molecular formula is C28H43ClF2N4O3. The van der Waals surface area contributed by atoms with Crippen molar-refractivity contribution in [1.82, 2.24) is 20.0 Å². The highest BCUT2D eigenvalue weighted by Gasteiger charge is 2.44. The first kappa shape index (κ1) is 32.0. The predicted octanol–water partition coefficient (Wildman–Crippen LogP) is 3.81. The minimum absolute atomic E-state index is 0. The van der Waals surface area contributed by atoms with Gasteiger partial charge in [0.15, 0.2) is 0 Å². The zero-order chi connectivity index (χ0) is 27.7. The van der Waals surface area contributed by atoms with Crippen LogP contribution in [0.5, 0.6) is 0 Å². The number of rotatable bonds is 6. The number of amides is 3. The largest absolute Gasteiger partial charge is 0.345 e. The van der Waals surface area contributed by atoms with Crippen LogP contribution in [0.4, 0.5) is 8.78 Å². The van der Waals surface area contributed by atoms with Crippen LogP contribution in [0.25, 0.3) is 0 Å². The quantitative estimate of drug-likeness (QED) is 0.578. The topological polar surface area (TPSA) is 73.0 Å². The average molecular weight is 557 g/mol. The predicted molar refractivity (Wildman–Crippen MR) is 146 cm³/mol. The molecule has 0 unspecified atom stereocenters. The van der Waals surface area contributed by atoms with Gasteiger partial charge in [0.2, 0.25) is 17.7 Å². The maximum Gasteiger partial charge on any atom is 0.245 e. The Morgan fingerprint density at radius 1 is 1.08 bits per heavy atom. The third-order valence-corrected chi connectivity index (χ3v) is 7.47. The molecule has 0 spiro atoms. The van der Waals surface area contributed by atoms with Gasteiger partial charge in [0.05, 0.1) is 5.92 Å². The maximum atomic E-state index is 14.8. The van der Waals surface area contributed by atoms with Gasteiger partial charge in [-0.25, -0.2) is 8.78 Å². The van der Waals surface area contributed by atoms with Crippen LogP contribution in [0.15, 0.2) is 18.2 Å². The molecule has 214 valence electrons. The fourth-order valence-corrected chi connectivity index (χ4v) is 5.60. The number of likely N-dealkylation sites (tertiary alicyclic amines) is 1. The lowest BCUT2D eigenvalue weighted by atomic mass is 9.86. The van der Waals surface area contributed by atoms with Gasteiger partial charge in [-0.1, -0.05) is 26.8 Å². The highest BCUT2D eigenvalue weighted by Crippen LogP contribution is 2.37. The molecule has 3 rings (SSSR count). The van der Waals surface area contributed by atoms with Crippen molar-refractivity contribution >= 4 is 30.1 Å². The van der Waals surface area contributed by atoms with E-state index in [-0.39, 0.29) is 53.5 Å². The molecule has 1 aromatic carbocycles. The van der Waals surface area contributed by atoms with E-state index < -0.39 is 23.6 Å². The zero-order valence-electron chi connectivity index (χ0n) is 23.6. The Morgan fingerprint density at radius 2 is 1.74 bits per heavy atom. The van der Waals surface area contributed by atoms with Crippen LogP contribution in [-0.4, -0.2) is 83.3 Å². The standard InChI is InChI=1S/C28H42F2N4O3.ClH/c1-17(2)33-15-22(21-9-8-20(29)12-24(21)30)23(16-33)26(36)34-11-10-32(14-18(34)3)27(37)25(31-19(4)35)13-28(5,6)7;/h8-9,12,17-18,22-23,25H,10-11,13-16H2,1-7H3,(H,31,35);1H/t18-,22-,23+,25-;/m0./s1. The molecule has 38 heavy (non-hydrogen) atoms. The van der Waals surface area contributed by atoms with Crippen molar-refractivity contribution in [3.63, 3.8) is 0 Å². The lowest BCUT2D eigenvalue weighted by Crippen LogP contribution is -2.60. The molecule has 0 aromatic heterocycles. The first-order valence-electron chi connectivity index (χ1n) is 13.2. The average Bonchev–Trinajstić information content (AvgIpc) is 3.22. The molecule has 10 heteroatoms. The van der Waals surface area contributed by atoms with E-state index in [9.17, 15) is 23.2 Å². The fraction of sp³-hybridized carbons (Fsp3) is 0.679. The van der Waals surface area contributed by atoms with E-state index in [1.807, 2.05) is 41.5 Å². The summed E-state index contributed by atoms with van der Waals surface area (Å²) in [4.78, 5) is 44.6. The second-order valence-corrected chi connectivity index (χ2v) is 12.1. The molecule has 0 saturated carbocycles. The number of nitrogens with zero attached hydrogens (tertiary/aromatic N) is 3. The fourth-order valence-electron chi connectivity index (χ4n) is 5.60. The van der Waals surface area contributed by atoms with Crippen LogP contribution in [-0.2, 0) is 14.4 Å². The molecular weight excluding hydrogens is 514 g/mol. The zero-order valence-corrected chi connectivity index (χ0v) is 24.4. The van der Waals surface area contributed by atoms with Gasteiger partial charge in [0.25, 0.3) is 0 Å². The van der Waals surface area contributed by atoms with Gasteiger partial charge in [-0.05, 0) is 44.2 Å². The van der Waals surface area contributed by atoms with Crippen molar-refractivity contribution in [1.29, 1.82) is 0 Å². The summed E-state index contributed by atoms with van der Waals surface area (Å²) in [6, 6.07) is 2.91. The molecule has 2 aliphatic rings. The van der Waals surface area contributed by atoms with Gasteiger partial charge in [0, 0.05) is 63.7 Å². The van der Waals surface area contributed by atoms with Gasteiger partial charge in [-0.2, -0.15) is 0 Å². The van der Waals surface area contributed by atoms with Crippen molar-refractivity contribution < 1.29 is 23.2 Å². The monoisotopic (exact) mass is 556 g/mol. The summed E-state index contributed by atoms with van der Waals surface area (Å²) in [5.41, 5.74) is 0.214. The third-order valence-electron chi connectivity index (χ3n) is 7.47. The first-order valence-corrected chi connectivity index (χ1v) is 13.2. The Labute approximate surface area is 231 Å². The summed E-state index contributed by atoms with van der Waals surface area (Å²) in [6.45, 7) is 15.6. The normalized spacial score (nSPS) is 23.3. The highest BCUT2D eigenvalue weighted by molar-refractivity contribution is 5.87. The molecule has 2 saturated heterocycles. The van der Waals surface area contributed by atoms with Gasteiger partial charge >= 0.3 is 0 Å². The van der Waals surface area contributed by atoms with Crippen molar-refractivity contribution in [2.24, 2.45) is 11.3 Å². The minimum atomic E-state index is -0.638. The molecule has 2 heterocycles. The number of carbonyl (C=O) groups excluding carboxylic acids is 3. The molecule has 3 amide bonds. The van der Waals surface area contributed by atoms with Crippen LogP contribution in [0.3, 0.4) is 0 Å². The number of benzene rings is 1. The van der Waals surface area contributed by atoms with E-state index in [2.05, 4.69) is 10.2 Å². The molecule has 0 radical (unpaired) electrons. The molecule has 2 aliphatic heterocycles. The molecule has 0 aliphatic carbocycles. The number of carbonyl (C=O) groups is 3. The Bertz CT molecular complexity index is 1020. The van der Waals surface area contributed by atoms with Gasteiger partial charge in [-0.15, -0.1) is 12.4 Å². The first-order chi connectivity index (χ1) is 17.2. The number of piperazine rings is 1. The number of hydrogen-bond acceptors (Lipinski definition) is 4. The van der Waals surface area contributed by atoms with Crippen LogP contribution in [0.2, 0.25) is 0 Å². The van der Waals surface area contributed by atoms with E-state index >= 15 is 0 Å². The van der Waals surface area contributed by atoms with Crippen molar-refractivity contribution in [2.75, 3.05) is 32.7 Å². The number of nitrogens with one attached hydrogen (secondary N) is 1. The molecule has 4 atom stereocenters. The van der Waals surface area contributed by atoms with E-state index in [4.69, 9.17) is 0 Å². The lowest BCUT2D eigenvalue weighted by molar-refractivity contribution is -0.147. The SMILES string of the molecule is CC(=O)N[C@@H](CC(C)(C)C)C(=O)N1CCN(C(=O)[C@@H]2CN(C(C)C)C[C@H]2c2ccc(F)cc2F)[C@@H](C)C1.Cl. The Morgan fingerprint density at radius 3 is 2.26 bits per heavy atom. The molecule has 7 nitrogen and oxygen atoms in total. The Hall–Kier alpha value is -2.26. The van der Waals surface area contributed by atoms with E-state index in [1.165, 1.54) is 19.1 Å². The molecule has 1 aromatic rings. The Balaban J connectivity index is 0.00000507. The van der Waals surface area contributed by atoms with Crippen LogP contribution in [0, 0.1) is 23.0 Å². The summed E-state index contributed by atoms with van der Waals surface area (Å²) in [5, 5.41) is 2.80. The summed E-state index contributed by atoms with van der Waals surface area (Å²) in [7, 11) is 0. The van der Waals surface area contributed by atoms with Gasteiger partial charge in [-0.3, -0.25) is 19.3 Å². The summed E-state index contributed by atoms with van der Waals surface area (Å²) in [6.07, 6.45) is 0.511. The molecule has 2 fully saturated rings. The van der Waals surface area contributed by atoms with Crippen molar-refractivity contribution in [3.05, 3.63) is 35.4 Å². The summed E-state index contributed by atoms with van der Waals surface area (Å²) in [5.74, 6) is -2.55. The maximum absolute atomic E-state index is 14.8. The van der Waals surface area contributed by atoms with E-state index in [0.717, 1.165) is 6.07 Å². The highest BCUT2D eigenvalue weighted by atomic mass is 35.5. The van der Waals surface area contributed by atoms with Crippen molar-refractivity contribution in [3.8, 4) is 0 Å². The van der Waals surface area contributed by atoms with Gasteiger partial charge < -0.3 is 15.1 Å². The molecule has 0 bridgehead atoms. The van der Waals surface area contributed by atoms with Crippen LogP contribution < -0.4 is 5.32 Å². The second-order valence-electron chi connectivity index (χ2n) is 12.1. The van der Waals surface area contributed by atoms with E-state index in [0.29, 0.717) is 44.7 Å². The van der Waals surface area contributed by atoms with Crippen molar-refractivity contribution in [2.45, 2.75) is 78.9 Å².